The minimum absolute atomic E-state index is 0. The van der Waals surface area contributed by atoms with Crippen LogP contribution in [0.1, 0.15) is 62.9 Å². The van der Waals surface area contributed by atoms with Gasteiger partial charge in [0.1, 0.15) is 5.75 Å². The van der Waals surface area contributed by atoms with Crippen LogP contribution in [0.4, 0.5) is 0 Å². The Morgan fingerprint density at radius 2 is 2.03 bits per heavy atom. The topological polar surface area (TPSA) is 87.8 Å². The third-order valence-corrected chi connectivity index (χ3v) is 5.46. The van der Waals surface area contributed by atoms with E-state index < -0.39 is 0 Å². The van der Waals surface area contributed by atoms with E-state index in [0.29, 0.717) is 25.4 Å². The minimum Gasteiger partial charge on any atom is -0.497 e. The number of benzene rings is 1. The number of methoxy groups -OCH3 is 1. The van der Waals surface area contributed by atoms with Gasteiger partial charge in [-0.05, 0) is 50.6 Å². The second-order valence-electron chi connectivity index (χ2n) is 8.13. The van der Waals surface area contributed by atoms with Crippen LogP contribution in [-0.4, -0.2) is 60.8 Å². The van der Waals surface area contributed by atoms with Crippen molar-refractivity contribution in [3.63, 3.8) is 0 Å². The highest BCUT2D eigenvalue weighted by atomic mass is 127. The molecule has 0 bridgehead atoms. The molecule has 2 N–H and O–H groups in total. The Bertz CT molecular complexity index is 835. The third kappa shape index (κ3) is 7.61. The summed E-state index contributed by atoms with van der Waals surface area (Å²) in [6.45, 7) is 10.6. The van der Waals surface area contributed by atoms with Crippen LogP contribution in [0, 0.1) is 0 Å². The van der Waals surface area contributed by atoms with Gasteiger partial charge in [-0.15, -0.1) is 24.0 Å². The van der Waals surface area contributed by atoms with Crippen molar-refractivity contribution in [3.05, 3.63) is 41.5 Å². The van der Waals surface area contributed by atoms with E-state index in [9.17, 15) is 0 Å². The Balaban J connectivity index is 0.00000363. The average Bonchev–Trinajstić information content (AvgIpc) is 3.47. The monoisotopic (exact) mass is 556 g/mol. The summed E-state index contributed by atoms with van der Waals surface area (Å²) in [7, 11) is 1.71. The van der Waals surface area contributed by atoms with Crippen molar-refractivity contribution in [3.8, 4) is 5.75 Å². The molecule has 1 aliphatic heterocycles. The lowest BCUT2D eigenvalue weighted by molar-refractivity contribution is 0.251. The third-order valence-electron chi connectivity index (χ3n) is 5.46. The molecule has 0 amide bonds. The quantitative estimate of drug-likeness (QED) is 0.262. The number of ether oxygens (including phenoxy) is 1. The molecule has 178 valence electrons. The molecule has 1 fully saturated rings. The van der Waals surface area contributed by atoms with Crippen molar-refractivity contribution < 1.29 is 9.26 Å². The molecule has 8 nitrogen and oxygen atoms in total. The fourth-order valence-electron chi connectivity index (χ4n) is 3.75. The lowest BCUT2D eigenvalue weighted by atomic mass is 10.1. The van der Waals surface area contributed by atoms with Crippen molar-refractivity contribution in [2.45, 2.75) is 52.0 Å². The van der Waals surface area contributed by atoms with Crippen LogP contribution in [0.15, 0.2) is 33.8 Å². The molecule has 0 spiro atoms. The maximum atomic E-state index is 5.44. The van der Waals surface area contributed by atoms with Crippen molar-refractivity contribution in [1.82, 2.24) is 25.7 Å². The van der Waals surface area contributed by atoms with E-state index in [-0.39, 0.29) is 35.9 Å². The molecule has 1 aromatic carbocycles. The molecule has 0 aliphatic carbocycles. The number of halogens is 1. The van der Waals surface area contributed by atoms with Gasteiger partial charge in [-0.1, -0.05) is 31.1 Å². The zero-order valence-corrected chi connectivity index (χ0v) is 22.0. The number of hydrogen-bond acceptors (Lipinski definition) is 6. The first kappa shape index (κ1) is 26.4. The number of hydrogen-bond donors (Lipinski definition) is 2. The second-order valence-corrected chi connectivity index (χ2v) is 8.13. The van der Waals surface area contributed by atoms with E-state index >= 15 is 0 Å². The molecular formula is C23H37IN6O2. The molecular weight excluding hydrogens is 519 g/mol. The summed E-state index contributed by atoms with van der Waals surface area (Å²) in [6.07, 6.45) is 3.14. The first-order valence-corrected chi connectivity index (χ1v) is 11.3. The highest BCUT2D eigenvalue weighted by Crippen LogP contribution is 2.27. The molecule has 1 atom stereocenters. The molecule has 1 saturated heterocycles. The van der Waals surface area contributed by atoms with Gasteiger partial charge in [0.05, 0.1) is 19.7 Å². The Hall–Kier alpha value is -1.88. The zero-order valence-electron chi connectivity index (χ0n) is 19.6. The largest absolute Gasteiger partial charge is 0.497 e. The smallest absolute Gasteiger partial charge is 0.228 e. The molecule has 2 heterocycles. The number of likely N-dealkylation sites (tertiary alicyclic amines) is 1. The minimum atomic E-state index is 0. The van der Waals surface area contributed by atoms with E-state index in [1.165, 1.54) is 18.4 Å². The lowest BCUT2D eigenvalue weighted by Gasteiger charge is -2.27. The molecule has 9 heteroatoms. The van der Waals surface area contributed by atoms with Gasteiger partial charge in [-0.3, -0.25) is 9.89 Å². The van der Waals surface area contributed by atoms with E-state index in [2.05, 4.69) is 64.6 Å². The highest BCUT2D eigenvalue weighted by molar-refractivity contribution is 14.0. The number of guanidine groups is 1. The molecule has 1 unspecified atom stereocenters. The zero-order chi connectivity index (χ0) is 22.1. The SMILES string of the molecule is CCNC(=NCC(c1cccc(OC)c1)N1CCCC1)NCCc1nc(C(C)C)no1.I. The maximum absolute atomic E-state index is 5.44. The summed E-state index contributed by atoms with van der Waals surface area (Å²) in [5, 5.41) is 10.8. The van der Waals surface area contributed by atoms with Crippen molar-refractivity contribution in [2.24, 2.45) is 4.99 Å². The van der Waals surface area contributed by atoms with Gasteiger partial charge < -0.3 is 19.9 Å². The molecule has 1 aliphatic rings. The average molecular weight is 556 g/mol. The maximum Gasteiger partial charge on any atom is 0.228 e. The van der Waals surface area contributed by atoms with E-state index in [0.717, 1.165) is 37.2 Å². The van der Waals surface area contributed by atoms with Crippen LogP contribution in [0.2, 0.25) is 0 Å². The van der Waals surface area contributed by atoms with E-state index in [1.807, 2.05) is 6.07 Å². The fourth-order valence-corrected chi connectivity index (χ4v) is 3.75. The Morgan fingerprint density at radius 3 is 2.69 bits per heavy atom. The van der Waals surface area contributed by atoms with Crippen molar-refractivity contribution in [1.29, 1.82) is 0 Å². The van der Waals surface area contributed by atoms with E-state index in [4.69, 9.17) is 14.3 Å². The van der Waals surface area contributed by atoms with E-state index in [1.54, 1.807) is 7.11 Å². The second kappa shape index (κ2) is 13.6. The van der Waals surface area contributed by atoms with Gasteiger partial charge >= 0.3 is 0 Å². The van der Waals surface area contributed by atoms with Gasteiger partial charge in [0.15, 0.2) is 11.8 Å². The predicted molar refractivity (Wildman–Crippen MR) is 138 cm³/mol. The number of aliphatic imine (C=N–C) groups is 1. The molecule has 2 aromatic rings. The Kier molecular flexibility index (Phi) is 11.2. The summed E-state index contributed by atoms with van der Waals surface area (Å²) >= 11 is 0. The number of nitrogens with zero attached hydrogens (tertiary/aromatic N) is 4. The van der Waals surface area contributed by atoms with Gasteiger partial charge in [-0.2, -0.15) is 4.98 Å². The summed E-state index contributed by atoms with van der Waals surface area (Å²) in [5.41, 5.74) is 1.24. The van der Waals surface area contributed by atoms with Crippen LogP contribution >= 0.6 is 24.0 Å². The summed E-state index contributed by atoms with van der Waals surface area (Å²) < 4.78 is 10.8. The molecule has 1 aromatic heterocycles. The molecule has 0 radical (unpaired) electrons. The van der Waals surface area contributed by atoms with Crippen LogP contribution in [0.3, 0.4) is 0 Å². The molecule has 0 saturated carbocycles. The summed E-state index contributed by atoms with van der Waals surface area (Å²) in [6, 6.07) is 8.57. The van der Waals surface area contributed by atoms with Crippen LogP contribution in [-0.2, 0) is 6.42 Å². The normalized spacial score (nSPS) is 15.5. The fraction of sp³-hybridized carbons (Fsp3) is 0.609. The van der Waals surface area contributed by atoms with Crippen molar-refractivity contribution >= 4 is 29.9 Å². The van der Waals surface area contributed by atoms with Crippen LogP contribution in [0.5, 0.6) is 5.75 Å². The van der Waals surface area contributed by atoms with Gasteiger partial charge in [0.25, 0.3) is 0 Å². The standard InChI is InChI=1S/C23H36N6O2.HI/c1-5-24-23(25-12-11-21-27-22(17(2)3)28-31-21)26-16-20(29-13-6-7-14-29)18-9-8-10-19(15-18)30-4;/h8-10,15,17,20H,5-7,11-14,16H2,1-4H3,(H2,24,25,26);1H. The Morgan fingerprint density at radius 1 is 1.25 bits per heavy atom. The first-order valence-electron chi connectivity index (χ1n) is 11.3. The summed E-state index contributed by atoms with van der Waals surface area (Å²) in [5.74, 6) is 3.36. The lowest BCUT2D eigenvalue weighted by Crippen LogP contribution is -2.39. The van der Waals surface area contributed by atoms with Gasteiger partial charge in [0, 0.05) is 25.4 Å². The molecule has 32 heavy (non-hydrogen) atoms. The first-order chi connectivity index (χ1) is 15.1. The van der Waals surface area contributed by atoms with Crippen LogP contribution < -0.4 is 15.4 Å². The predicted octanol–water partition coefficient (Wildman–Crippen LogP) is 3.75. The van der Waals surface area contributed by atoms with Crippen LogP contribution in [0.25, 0.3) is 0 Å². The summed E-state index contributed by atoms with van der Waals surface area (Å²) in [4.78, 5) is 11.9. The molecule has 3 rings (SSSR count). The number of rotatable bonds is 10. The van der Waals surface area contributed by atoms with Gasteiger partial charge in [-0.25, -0.2) is 0 Å². The number of aromatic nitrogens is 2. The Labute approximate surface area is 208 Å². The number of nitrogens with one attached hydrogen (secondary N) is 2. The van der Waals surface area contributed by atoms with Gasteiger partial charge in [0.2, 0.25) is 5.89 Å². The van der Waals surface area contributed by atoms with Crippen molar-refractivity contribution in [2.75, 3.05) is 39.8 Å². The highest BCUT2D eigenvalue weighted by Gasteiger charge is 2.23.